The third-order valence-corrected chi connectivity index (χ3v) is 12.0. The van der Waals surface area contributed by atoms with Gasteiger partial charge in [0.05, 0.1) is 0 Å². The SMILES string of the molecule is CCCCCCCC/C=C/C/C=C/CCC(=O)OCC(COC(=O)CCCCCCCCC/C=C/CCCCCCCC)OC(=O)CCCCCCC/C=C/CCCCCCCCC. The number of rotatable bonds is 50. The van der Waals surface area contributed by atoms with E-state index in [1.54, 1.807) is 0 Å². The van der Waals surface area contributed by atoms with Gasteiger partial charge in [0.25, 0.3) is 0 Å². The van der Waals surface area contributed by atoms with Gasteiger partial charge in [0, 0.05) is 19.3 Å². The van der Waals surface area contributed by atoms with Crippen LogP contribution in [0.25, 0.3) is 0 Å². The van der Waals surface area contributed by atoms with Crippen LogP contribution in [-0.4, -0.2) is 37.2 Å². The first kappa shape index (κ1) is 61.4. The molecule has 0 aromatic heterocycles. The molecule has 0 spiro atoms. The van der Waals surface area contributed by atoms with Crippen molar-refractivity contribution in [2.24, 2.45) is 0 Å². The van der Waals surface area contributed by atoms with E-state index in [9.17, 15) is 14.4 Å². The van der Waals surface area contributed by atoms with Gasteiger partial charge in [-0.1, -0.05) is 223 Å². The molecular weight excluding hydrogens is 793 g/mol. The standard InChI is InChI=1S/C58H104O6/c1-4-7-10-13-16-19-22-25-27-29-31-33-36-39-42-45-48-51-57(60)63-54-55(53-62-56(59)50-47-44-41-38-35-32-24-21-18-15-12-9-6-3)64-58(61)52-49-46-43-40-37-34-30-28-26-23-20-17-14-11-8-5-2/h25,27-28,30,32,35,41,44,55H,4-24,26,29,31,33-34,36-40,42-43,45-54H2,1-3H3/b27-25+,30-28+,35-32+,44-41+. The van der Waals surface area contributed by atoms with E-state index in [2.05, 4.69) is 63.3 Å². The van der Waals surface area contributed by atoms with Gasteiger partial charge in [-0.25, -0.2) is 0 Å². The molecule has 0 saturated carbocycles. The van der Waals surface area contributed by atoms with Crippen LogP contribution >= 0.6 is 0 Å². The fraction of sp³-hybridized carbons (Fsp3) is 0.810. The summed E-state index contributed by atoms with van der Waals surface area (Å²) in [7, 11) is 0. The number of esters is 3. The molecule has 0 aliphatic carbocycles. The molecule has 1 unspecified atom stereocenters. The average molecular weight is 897 g/mol. The second kappa shape index (κ2) is 53.0. The van der Waals surface area contributed by atoms with E-state index in [4.69, 9.17) is 14.2 Å². The molecule has 0 saturated heterocycles. The third-order valence-electron chi connectivity index (χ3n) is 12.0. The second-order valence-electron chi connectivity index (χ2n) is 18.5. The zero-order chi connectivity index (χ0) is 46.5. The summed E-state index contributed by atoms with van der Waals surface area (Å²) in [6.45, 7) is 6.58. The first-order chi connectivity index (χ1) is 31.5. The lowest BCUT2D eigenvalue weighted by Gasteiger charge is -2.18. The molecule has 0 aliphatic rings. The van der Waals surface area contributed by atoms with E-state index in [0.29, 0.717) is 19.3 Å². The average Bonchev–Trinajstić information content (AvgIpc) is 3.29. The monoisotopic (exact) mass is 897 g/mol. The molecule has 0 radical (unpaired) electrons. The molecule has 6 nitrogen and oxygen atoms in total. The van der Waals surface area contributed by atoms with Crippen LogP contribution in [0.5, 0.6) is 0 Å². The number of unbranched alkanes of at least 4 members (excludes halogenated alkanes) is 31. The highest BCUT2D eigenvalue weighted by molar-refractivity contribution is 5.71. The Morgan fingerprint density at radius 1 is 0.312 bits per heavy atom. The van der Waals surface area contributed by atoms with Crippen molar-refractivity contribution in [3.63, 3.8) is 0 Å². The number of hydrogen-bond acceptors (Lipinski definition) is 6. The Hall–Kier alpha value is -2.63. The molecule has 0 N–H and O–H groups in total. The van der Waals surface area contributed by atoms with Gasteiger partial charge in [-0.2, -0.15) is 0 Å². The number of hydrogen-bond donors (Lipinski definition) is 0. The molecule has 372 valence electrons. The lowest BCUT2D eigenvalue weighted by molar-refractivity contribution is -0.166. The lowest BCUT2D eigenvalue weighted by Crippen LogP contribution is -2.30. The molecule has 0 aliphatic heterocycles. The van der Waals surface area contributed by atoms with Gasteiger partial charge < -0.3 is 14.2 Å². The zero-order valence-electron chi connectivity index (χ0n) is 42.6. The maximum Gasteiger partial charge on any atom is 0.306 e. The molecule has 64 heavy (non-hydrogen) atoms. The largest absolute Gasteiger partial charge is 0.462 e. The lowest BCUT2D eigenvalue weighted by atomic mass is 10.1. The summed E-state index contributed by atoms with van der Waals surface area (Å²) in [5, 5.41) is 0. The van der Waals surface area contributed by atoms with Crippen molar-refractivity contribution >= 4 is 17.9 Å². The van der Waals surface area contributed by atoms with Gasteiger partial charge in [-0.15, -0.1) is 0 Å². The van der Waals surface area contributed by atoms with Gasteiger partial charge >= 0.3 is 17.9 Å². The zero-order valence-corrected chi connectivity index (χ0v) is 42.6. The van der Waals surface area contributed by atoms with Crippen molar-refractivity contribution < 1.29 is 28.6 Å². The number of allylic oxidation sites excluding steroid dienone is 8. The topological polar surface area (TPSA) is 78.9 Å². The van der Waals surface area contributed by atoms with Gasteiger partial charge in [0.2, 0.25) is 0 Å². The molecule has 0 heterocycles. The smallest absolute Gasteiger partial charge is 0.306 e. The van der Waals surface area contributed by atoms with Crippen LogP contribution in [0, 0.1) is 0 Å². The van der Waals surface area contributed by atoms with Gasteiger partial charge in [0.15, 0.2) is 6.10 Å². The highest BCUT2D eigenvalue weighted by Gasteiger charge is 2.19. The minimum absolute atomic E-state index is 0.0945. The molecule has 0 aromatic rings. The van der Waals surface area contributed by atoms with Crippen molar-refractivity contribution in [3.8, 4) is 0 Å². The summed E-state index contributed by atoms with van der Waals surface area (Å²) in [5.41, 5.74) is 0. The van der Waals surface area contributed by atoms with Crippen LogP contribution in [0.3, 0.4) is 0 Å². The molecular formula is C58H104O6. The van der Waals surface area contributed by atoms with E-state index in [0.717, 1.165) is 64.2 Å². The van der Waals surface area contributed by atoms with Crippen molar-refractivity contribution in [2.75, 3.05) is 13.2 Å². The molecule has 0 amide bonds. The maximum atomic E-state index is 12.8. The minimum atomic E-state index is -0.800. The Morgan fingerprint density at radius 3 is 0.969 bits per heavy atom. The quantitative estimate of drug-likeness (QED) is 0.0262. The van der Waals surface area contributed by atoms with Crippen LogP contribution in [0.15, 0.2) is 48.6 Å². The van der Waals surface area contributed by atoms with Crippen molar-refractivity contribution in [1.29, 1.82) is 0 Å². The van der Waals surface area contributed by atoms with Crippen LogP contribution in [0.4, 0.5) is 0 Å². The Balaban J connectivity index is 4.42. The minimum Gasteiger partial charge on any atom is -0.462 e. The van der Waals surface area contributed by atoms with Crippen molar-refractivity contribution in [3.05, 3.63) is 48.6 Å². The van der Waals surface area contributed by atoms with E-state index < -0.39 is 6.10 Å². The van der Waals surface area contributed by atoms with Crippen LogP contribution < -0.4 is 0 Å². The molecule has 0 rings (SSSR count). The maximum absolute atomic E-state index is 12.8. The fourth-order valence-electron chi connectivity index (χ4n) is 7.84. The van der Waals surface area contributed by atoms with Gasteiger partial charge in [0.1, 0.15) is 13.2 Å². The van der Waals surface area contributed by atoms with E-state index in [1.807, 2.05) is 6.08 Å². The molecule has 0 aromatic carbocycles. The Morgan fingerprint density at radius 2 is 0.594 bits per heavy atom. The number of carbonyl (C=O) groups excluding carboxylic acids is 3. The molecule has 0 bridgehead atoms. The summed E-state index contributed by atoms with van der Waals surface area (Å²) in [4.78, 5) is 38.0. The van der Waals surface area contributed by atoms with E-state index in [1.165, 1.54) is 173 Å². The summed E-state index contributed by atoms with van der Waals surface area (Å²) in [6.07, 6.45) is 63.9. The summed E-state index contributed by atoms with van der Waals surface area (Å²) >= 11 is 0. The highest BCUT2D eigenvalue weighted by atomic mass is 16.6. The molecule has 0 fully saturated rings. The van der Waals surface area contributed by atoms with Crippen molar-refractivity contribution in [2.45, 2.75) is 290 Å². The number of carbonyl (C=O) groups is 3. The first-order valence-corrected chi connectivity index (χ1v) is 27.6. The molecule has 6 heteroatoms. The Bertz CT molecular complexity index is 1120. The second-order valence-corrected chi connectivity index (χ2v) is 18.5. The highest BCUT2D eigenvalue weighted by Crippen LogP contribution is 2.15. The summed E-state index contributed by atoms with van der Waals surface area (Å²) in [5.74, 6) is -0.968. The first-order valence-electron chi connectivity index (χ1n) is 27.6. The summed E-state index contributed by atoms with van der Waals surface area (Å²) in [6, 6.07) is 0. The van der Waals surface area contributed by atoms with Crippen LogP contribution in [0.2, 0.25) is 0 Å². The van der Waals surface area contributed by atoms with Gasteiger partial charge in [-0.05, 0) is 89.9 Å². The van der Waals surface area contributed by atoms with E-state index in [-0.39, 0.29) is 37.5 Å². The summed E-state index contributed by atoms with van der Waals surface area (Å²) < 4.78 is 16.8. The fourth-order valence-corrected chi connectivity index (χ4v) is 7.84. The normalized spacial score (nSPS) is 12.4. The van der Waals surface area contributed by atoms with E-state index >= 15 is 0 Å². The van der Waals surface area contributed by atoms with Crippen molar-refractivity contribution in [1.82, 2.24) is 0 Å². The van der Waals surface area contributed by atoms with Gasteiger partial charge in [-0.3, -0.25) is 14.4 Å². The number of ether oxygens (including phenoxy) is 3. The van der Waals surface area contributed by atoms with Crippen LogP contribution in [0.1, 0.15) is 284 Å². The Labute approximate surface area is 397 Å². The Kier molecular flexibility index (Phi) is 50.8. The third kappa shape index (κ3) is 50.4. The van der Waals surface area contributed by atoms with Crippen LogP contribution in [-0.2, 0) is 28.6 Å². The predicted molar refractivity (Wildman–Crippen MR) is 275 cm³/mol. The molecule has 1 atom stereocenters. The predicted octanol–water partition coefficient (Wildman–Crippen LogP) is 18.3.